The standard InChI is InChI=1S/C21H21NO4/c1-13(18-12-22-20(21(25)26)17(18)11-19(23)24)15-8-5-9-16(10-15)14-6-3-2-4-7-14/h2-10,17-18,20,22H,1,11-12H2,(H,23,24)(H,25,26)/t17-,18-,20-/m1/s1. The molecule has 0 bridgehead atoms. The molecule has 0 aliphatic carbocycles. The van der Waals surface area contributed by atoms with Crippen molar-refractivity contribution in [2.45, 2.75) is 12.5 Å². The minimum Gasteiger partial charge on any atom is -0.481 e. The molecule has 2 aromatic carbocycles. The summed E-state index contributed by atoms with van der Waals surface area (Å²) in [5.41, 5.74) is 3.79. The maximum absolute atomic E-state index is 11.5. The lowest BCUT2D eigenvalue weighted by Crippen LogP contribution is -2.36. The summed E-state index contributed by atoms with van der Waals surface area (Å²) in [7, 11) is 0. The highest BCUT2D eigenvalue weighted by Crippen LogP contribution is 2.36. The zero-order chi connectivity index (χ0) is 18.7. The summed E-state index contributed by atoms with van der Waals surface area (Å²) in [6, 6.07) is 17.0. The van der Waals surface area contributed by atoms with Crippen LogP contribution in [0.25, 0.3) is 16.7 Å². The fourth-order valence-electron chi connectivity index (χ4n) is 3.65. The van der Waals surface area contributed by atoms with Gasteiger partial charge in [0.25, 0.3) is 0 Å². The third-order valence-corrected chi connectivity index (χ3v) is 4.97. The number of carboxylic acid groups (broad SMARTS) is 2. The van der Waals surface area contributed by atoms with E-state index < -0.39 is 23.9 Å². The van der Waals surface area contributed by atoms with Crippen molar-refractivity contribution in [3.63, 3.8) is 0 Å². The van der Waals surface area contributed by atoms with Crippen LogP contribution in [0.3, 0.4) is 0 Å². The summed E-state index contributed by atoms with van der Waals surface area (Å²) >= 11 is 0. The smallest absolute Gasteiger partial charge is 0.321 e. The van der Waals surface area contributed by atoms with Crippen molar-refractivity contribution in [3.05, 3.63) is 66.7 Å². The molecule has 0 saturated carbocycles. The van der Waals surface area contributed by atoms with Crippen LogP contribution in [0.2, 0.25) is 0 Å². The number of rotatable bonds is 6. The molecule has 0 amide bonds. The third kappa shape index (κ3) is 3.68. The molecular formula is C21H21NO4. The van der Waals surface area contributed by atoms with E-state index in [-0.39, 0.29) is 12.3 Å². The lowest BCUT2D eigenvalue weighted by molar-refractivity contribution is -0.142. The van der Waals surface area contributed by atoms with Gasteiger partial charge in [-0.15, -0.1) is 0 Å². The van der Waals surface area contributed by atoms with Gasteiger partial charge in [-0.2, -0.15) is 0 Å². The molecule has 0 aromatic heterocycles. The van der Waals surface area contributed by atoms with Crippen LogP contribution in [-0.2, 0) is 9.59 Å². The number of benzene rings is 2. The highest BCUT2D eigenvalue weighted by atomic mass is 16.4. The zero-order valence-corrected chi connectivity index (χ0v) is 14.3. The second kappa shape index (κ2) is 7.54. The first-order valence-electron chi connectivity index (χ1n) is 8.50. The Morgan fingerprint density at radius 3 is 2.38 bits per heavy atom. The second-order valence-electron chi connectivity index (χ2n) is 6.56. The Bertz CT molecular complexity index is 831. The van der Waals surface area contributed by atoms with Gasteiger partial charge >= 0.3 is 11.9 Å². The fraction of sp³-hybridized carbons (Fsp3) is 0.238. The molecule has 0 unspecified atom stereocenters. The highest BCUT2D eigenvalue weighted by molar-refractivity contribution is 5.79. The maximum atomic E-state index is 11.5. The van der Waals surface area contributed by atoms with Crippen molar-refractivity contribution < 1.29 is 19.8 Å². The number of hydrogen-bond acceptors (Lipinski definition) is 3. The molecule has 3 atom stereocenters. The van der Waals surface area contributed by atoms with Crippen molar-refractivity contribution in [2.75, 3.05) is 6.54 Å². The average molecular weight is 351 g/mol. The molecule has 26 heavy (non-hydrogen) atoms. The van der Waals surface area contributed by atoms with Gasteiger partial charge in [-0.25, -0.2) is 0 Å². The Balaban J connectivity index is 1.88. The van der Waals surface area contributed by atoms with Crippen LogP contribution in [0.4, 0.5) is 0 Å². The maximum Gasteiger partial charge on any atom is 0.321 e. The van der Waals surface area contributed by atoms with E-state index in [1.807, 2.05) is 54.6 Å². The molecule has 3 rings (SSSR count). The van der Waals surface area contributed by atoms with E-state index >= 15 is 0 Å². The number of hydrogen-bond donors (Lipinski definition) is 3. The zero-order valence-electron chi connectivity index (χ0n) is 14.3. The minimum atomic E-state index is -1.02. The molecular weight excluding hydrogens is 330 g/mol. The van der Waals surface area contributed by atoms with Gasteiger partial charge in [0.05, 0.1) is 6.42 Å². The van der Waals surface area contributed by atoms with Crippen molar-refractivity contribution >= 4 is 17.5 Å². The third-order valence-electron chi connectivity index (χ3n) is 4.97. The normalized spacial score (nSPS) is 22.1. The van der Waals surface area contributed by atoms with Crippen molar-refractivity contribution in [3.8, 4) is 11.1 Å². The summed E-state index contributed by atoms with van der Waals surface area (Å²) in [4.78, 5) is 22.7. The molecule has 3 N–H and O–H groups in total. The van der Waals surface area contributed by atoms with Gasteiger partial charge in [0.1, 0.15) is 6.04 Å². The first-order valence-corrected chi connectivity index (χ1v) is 8.50. The molecule has 1 aliphatic rings. The summed E-state index contributed by atoms with van der Waals surface area (Å²) in [5, 5.41) is 21.5. The Hall–Kier alpha value is -2.92. The van der Waals surface area contributed by atoms with Gasteiger partial charge < -0.3 is 15.5 Å². The Morgan fingerprint density at radius 1 is 1.04 bits per heavy atom. The SMILES string of the molecule is C=C(c1cccc(-c2ccccc2)c1)[C@H]1CN[C@@H](C(=O)O)[C@@H]1CC(=O)O. The molecule has 2 aromatic rings. The fourth-order valence-corrected chi connectivity index (χ4v) is 3.65. The molecule has 1 aliphatic heterocycles. The summed E-state index contributed by atoms with van der Waals surface area (Å²) in [5.74, 6) is -2.79. The van der Waals surface area contributed by atoms with E-state index in [1.54, 1.807) is 0 Å². The van der Waals surface area contributed by atoms with E-state index in [2.05, 4.69) is 11.9 Å². The lowest BCUT2D eigenvalue weighted by Gasteiger charge is -2.22. The van der Waals surface area contributed by atoms with Crippen LogP contribution in [0.15, 0.2) is 61.2 Å². The van der Waals surface area contributed by atoms with Gasteiger partial charge in [0, 0.05) is 18.4 Å². The van der Waals surface area contributed by atoms with Gasteiger partial charge in [-0.1, -0.05) is 55.1 Å². The van der Waals surface area contributed by atoms with E-state index in [4.69, 9.17) is 0 Å². The number of carbonyl (C=O) groups is 2. The first kappa shape index (κ1) is 17.9. The molecule has 1 saturated heterocycles. The molecule has 134 valence electrons. The Kier molecular flexibility index (Phi) is 5.19. The van der Waals surface area contributed by atoms with Gasteiger partial charge in [-0.05, 0) is 28.3 Å². The van der Waals surface area contributed by atoms with Crippen LogP contribution in [0, 0.1) is 11.8 Å². The molecule has 5 nitrogen and oxygen atoms in total. The van der Waals surface area contributed by atoms with Gasteiger partial charge in [0.15, 0.2) is 0 Å². The van der Waals surface area contributed by atoms with E-state index in [1.165, 1.54) is 0 Å². The lowest BCUT2D eigenvalue weighted by atomic mass is 9.80. The van der Waals surface area contributed by atoms with Gasteiger partial charge in [-0.3, -0.25) is 9.59 Å². The van der Waals surface area contributed by atoms with Crippen LogP contribution < -0.4 is 5.32 Å². The van der Waals surface area contributed by atoms with Crippen molar-refractivity contribution in [2.24, 2.45) is 11.8 Å². The molecule has 1 fully saturated rings. The Morgan fingerprint density at radius 2 is 1.73 bits per heavy atom. The van der Waals surface area contributed by atoms with E-state index in [0.717, 1.165) is 22.3 Å². The number of carboxylic acids is 2. The highest BCUT2D eigenvalue weighted by Gasteiger charge is 2.42. The predicted octanol–water partition coefficient (Wildman–Crippen LogP) is 3.13. The average Bonchev–Trinajstić information content (AvgIpc) is 3.05. The van der Waals surface area contributed by atoms with Crippen LogP contribution in [-0.4, -0.2) is 34.7 Å². The summed E-state index contributed by atoms with van der Waals surface area (Å²) in [6.07, 6.45) is -0.202. The Labute approximate surface area is 152 Å². The molecule has 0 radical (unpaired) electrons. The van der Waals surface area contributed by atoms with Crippen LogP contribution in [0.5, 0.6) is 0 Å². The molecule has 0 spiro atoms. The topological polar surface area (TPSA) is 86.6 Å². The number of nitrogens with one attached hydrogen (secondary N) is 1. The van der Waals surface area contributed by atoms with Crippen LogP contribution in [0.1, 0.15) is 12.0 Å². The van der Waals surface area contributed by atoms with Crippen molar-refractivity contribution in [1.29, 1.82) is 0 Å². The predicted molar refractivity (Wildman–Crippen MR) is 99.6 cm³/mol. The second-order valence-corrected chi connectivity index (χ2v) is 6.56. The summed E-state index contributed by atoms with van der Waals surface area (Å²) < 4.78 is 0. The number of aliphatic carboxylic acids is 2. The van der Waals surface area contributed by atoms with Crippen LogP contribution >= 0.6 is 0 Å². The molecule has 5 heteroatoms. The first-order chi connectivity index (χ1) is 12.5. The molecule has 1 heterocycles. The largest absolute Gasteiger partial charge is 0.481 e. The van der Waals surface area contributed by atoms with Crippen molar-refractivity contribution in [1.82, 2.24) is 5.32 Å². The monoisotopic (exact) mass is 351 g/mol. The quantitative estimate of drug-likeness (QED) is 0.744. The van der Waals surface area contributed by atoms with E-state index in [9.17, 15) is 19.8 Å². The van der Waals surface area contributed by atoms with E-state index in [0.29, 0.717) is 6.54 Å². The summed E-state index contributed by atoms with van der Waals surface area (Å²) in [6.45, 7) is 4.57. The van der Waals surface area contributed by atoms with Gasteiger partial charge in [0.2, 0.25) is 0 Å². The minimum absolute atomic E-state index is 0.202.